The third kappa shape index (κ3) is 2.79. The first-order valence-corrected chi connectivity index (χ1v) is 4.43. The van der Waals surface area contributed by atoms with E-state index in [1.807, 2.05) is 0 Å². The number of piperidine rings is 1. The van der Waals surface area contributed by atoms with Crippen LogP contribution in [-0.4, -0.2) is 37.0 Å². The molecule has 0 aliphatic carbocycles. The number of likely N-dealkylation sites (tertiary alicyclic amines) is 1. The molecule has 1 amide bonds. The number of carbonyl (C=O) groups excluding carboxylic acids is 1. The van der Waals surface area contributed by atoms with E-state index in [1.54, 1.807) is 0 Å². The third-order valence-electron chi connectivity index (χ3n) is 2.32. The van der Waals surface area contributed by atoms with E-state index in [-0.39, 0.29) is 5.91 Å². The molecule has 0 radical (unpaired) electrons. The van der Waals surface area contributed by atoms with Crippen molar-refractivity contribution in [2.24, 2.45) is 17.4 Å². The minimum absolute atomic E-state index is 0.243. The van der Waals surface area contributed by atoms with Gasteiger partial charge in [0, 0.05) is 6.54 Å². The zero-order chi connectivity index (χ0) is 8.97. The normalized spacial score (nSPS) is 25.6. The Morgan fingerprint density at radius 1 is 1.58 bits per heavy atom. The molecule has 4 heteroatoms. The van der Waals surface area contributed by atoms with Crippen LogP contribution < -0.4 is 11.5 Å². The fourth-order valence-electron chi connectivity index (χ4n) is 1.71. The molecule has 1 heterocycles. The first kappa shape index (κ1) is 9.48. The quantitative estimate of drug-likeness (QED) is 0.580. The molecule has 1 aliphatic heterocycles. The summed E-state index contributed by atoms with van der Waals surface area (Å²) in [6, 6.07) is 0. The lowest BCUT2D eigenvalue weighted by atomic mass is 9.98. The van der Waals surface area contributed by atoms with Crippen molar-refractivity contribution in [1.82, 2.24) is 4.90 Å². The summed E-state index contributed by atoms with van der Waals surface area (Å²) in [5.41, 5.74) is 10.7. The molecular formula is C8H17N3O. The fourth-order valence-corrected chi connectivity index (χ4v) is 1.71. The van der Waals surface area contributed by atoms with Crippen LogP contribution in [0.3, 0.4) is 0 Å². The van der Waals surface area contributed by atoms with Crippen LogP contribution in [0.5, 0.6) is 0 Å². The van der Waals surface area contributed by atoms with Crippen LogP contribution in [0.15, 0.2) is 0 Å². The number of hydrogen-bond donors (Lipinski definition) is 2. The third-order valence-corrected chi connectivity index (χ3v) is 2.32. The maximum atomic E-state index is 10.6. The molecule has 0 bridgehead atoms. The second kappa shape index (κ2) is 4.42. The number of hydrogen-bond acceptors (Lipinski definition) is 3. The number of carbonyl (C=O) groups is 1. The van der Waals surface area contributed by atoms with Gasteiger partial charge in [0.1, 0.15) is 0 Å². The Kier molecular flexibility index (Phi) is 3.49. The molecule has 0 aromatic rings. The summed E-state index contributed by atoms with van der Waals surface area (Å²) in [5.74, 6) is 0.311. The van der Waals surface area contributed by atoms with Gasteiger partial charge >= 0.3 is 0 Å². The Labute approximate surface area is 72.9 Å². The van der Waals surface area contributed by atoms with Gasteiger partial charge in [-0.15, -0.1) is 0 Å². The number of rotatable bonds is 3. The van der Waals surface area contributed by atoms with Crippen LogP contribution in [0.1, 0.15) is 12.8 Å². The predicted molar refractivity (Wildman–Crippen MR) is 47.4 cm³/mol. The van der Waals surface area contributed by atoms with Gasteiger partial charge in [-0.25, -0.2) is 0 Å². The molecule has 12 heavy (non-hydrogen) atoms. The van der Waals surface area contributed by atoms with Crippen molar-refractivity contribution in [3.8, 4) is 0 Å². The summed E-state index contributed by atoms with van der Waals surface area (Å²) >= 11 is 0. The summed E-state index contributed by atoms with van der Waals surface area (Å²) in [6.45, 7) is 3.02. The molecule has 1 unspecified atom stereocenters. The van der Waals surface area contributed by atoms with Gasteiger partial charge in [0.15, 0.2) is 0 Å². The minimum atomic E-state index is -0.243. The number of amides is 1. The highest BCUT2D eigenvalue weighted by molar-refractivity contribution is 5.75. The van der Waals surface area contributed by atoms with Crippen molar-refractivity contribution < 1.29 is 4.79 Å². The second-order valence-corrected chi connectivity index (χ2v) is 3.45. The van der Waals surface area contributed by atoms with Crippen LogP contribution in [0.25, 0.3) is 0 Å². The van der Waals surface area contributed by atoms with Crippen LogP contribution in [0, 0.1) is 5.92 Å². The van der Waals surface area contributed by atoms with Gasteiger partial charge in [-0.1, -0.05) is 0 Å². The largest absolute Gasteiger partial charge is 0.369 e. The Bertz CT molecular complexity index is 160. The van der Waals surface area contributed by atoms with Crippen LogP contribution in [0.2, 0.25) is 0 Å². The summed E-state index contributed by atoms with van der Waals surface area (Å²) in [4.78, 5) is 12.7. The second-order valence-electron chi connectivity index (χ2n) is 3.45. The van der Waals surface area contributed by atoms with Gasteiger partial charge in [-0.3, -0.25) is 9.69 Å². The zero-order valence-corrected chi connectivity index (χ0v) is 7.33. The van der Waals surface area contributed by atoms with Crippen LogP contribution in [0.4, 0.5) is 0 Å². The first-order chi connectivity index (χ1) is 5.72. The molecule has 0 saturated carbocycles. The van der Waals surface area contributed by atoms with E-state index in [1.165, 1.54) is 6.42 Å². The lowest BCUT2D eigenvalue weighted by Gasteiger charge is -2.30. The average molecular weight is 171 g/mol. The topological polar surface area (TPSA) is 72.3 Å². The van der Waals surface area contributed by atoms with Crippen molar-refractivity contribution in [1.29, 1.82) is 0 Å². The molecule has 0 aromatic carbocycles. The van der Waals surface area contributed by atoms with Crippen molar-refractivity contribution in [2.75, 3.05) is 26.2 Å². The van der Waals surface area contributed by atoms with Crippen molar-refractivity contribution >= 4 is 5.91 Å². The standard InChI is InChI=1S/C8H17N3O/c9-4-7-2-1-3-11(5-7)6-8(10)12/h7H,1-6,9H2,(H2,10,12). The molecule has 1 saturated heterocycles. The lowest BCUT2D eigenvalue weighted by molar-refractivity contribution is -0.119. The Morgan fingerprint density at radius 2 is 2.33 bits per heavy atom. The molecule has 4 nitrogen and oxygen atoms in total. The van der Waals surface area contributed by atoms with Crippen molar-refractivity contribution in [2.45, 2.75) is 12.8 Å². The lowest BCUT2D eigenvalue weighted by Crippen LogP contribution is -2.42. The molecule has 0 spiro atoms. The van der Waals surface area contributed by atoms with Gasteiger partial charge in [-0.05, 0) is 31.8 Å². The van der Waals surface area contributed by atoms with E-state index in [2.05, 4.69) is 4.90 Å². The summed E-state index contributed by atoms with van der Waals surface area (Å²) in [7, 11) is 0. The van der Waals surface area contributed by atoms with E-state index < -0.39 is 0 Å². The van der Waals surface area contributed by atoms with E-state index in [9.17, 15) is 4.79 Å². The molecule has 1 rings (SSSR count). The Balaban J connectivity index is 2.30. The first-order valence-electron chi connectivity index (χ1n) is 4.43. The van der Waals surface area contributed by atoms with Gasteiger partial charge < -0.3 is 11.5 Å². The van der Waals surface area contributed by atoms with E-state index in [0.717, 1.165) is 26.1 Å². The molecule has 0 aromatic heterocycles. The molecule has 70 valence electrons. The van der Waals surface area contributed by atoms with E-state index in [4.69, 9.17) is 11.5 Å². The fraction of sp³-hybridized carbons (Fsp3) is 0.875. The van der Waals surface area contributed by atoms with Crippen LogP contribution >= 0.6 is 0 Å². The van der Waals surface area contributed by atoms with E-state index >= 15 is 0 Å². The van der Waals surface area contributed by atoms with Gasteiger partial charge in [0.05, 0.1) is 6.54 Å². The maximum Gasteiger partial charge on any atom is 0.231 e. The smallest absolute Gasteiger partial charge is 0.231 e. The molecule has 1 atom stereocenters. The Hall–Kier alpha value is -0.610. The van der Waals surface area contributed by atoms with Crippen molar-refractivity contribution in [3.63, 3.8) is 0 Å². The highest BCUT2D eigenvalue weighted by Gasteiger charge is 2.19. The predicted octanol–water partition coefficient (Wildman–Crippen LogP) is -0.858. The summed E-state index contributed by atoms with van der Waals surface area (Å²) < 4.78 is 0. The van der Waals surface area contributed by atoms with Crippen LogP contribution in [-0.2, 0) is 4.79 Å². The molecule has 1 fully saturated rings. The number of nitrogens with two attached hydrogens (primary N) is 2. The van der Waals surface area contributed by atoms with E-state index in [0.29, 0.717) is 12.5 Å². The highest BCUT2D eigenvalue weighted by Crippen LogP contribution is 2.14. The van der Waals surface area contributed by atoms with Gasteiger partial charge in [0.2, 0.25) is 5.91 Å². The Morgan fingerprint density at radius 3 is 2.92 bits per heavy atom. The molecular weight excluding hydrogens is 154 g/mol. The van der Waals surface area contributed by atoms with Gasteiger partial charge in [0.25, 0.3) is 0 Å². The van der Waals surface area contributed by atoms with Gasteiger partial charge in [-0.2, -0.15) is 0 Å². The average Bonchev–Trinajstić information content (AvgIpc) is 2.03. The number of nitrogens with zero attached hydrogens (tertiary/aromatic N) is 1. The highest BCUT2D eigenvalue weighted by atomic mass is 16.1. The summed E-state index contributed by atoms with van der Waals surface area (Å²) in [6.07, 6.45) is 2.32. The van der Waals surface area contributed by atoms with Crippen molar-refractivity contribution in [3.05, 3.63) is 0 Å². The number of primary amides is 1. The molecule has 1 aliphatic rings. The SMILES string of the molecule is NCC1CCCN(CC(N)=O)C1. The minimum Gasteiger partial charge on any atom is -0.369 e. The molecule has 4 N–H and O–H groups in total. The maximum absolute atomic E-state index is 10.6. The zero-order valence-electron chi connectivity index (χ0n) is 7.33. The monoisotopic (exact) mass is 171 g/mol. The summed E-state index contributed by atoms with van der Waals surface area (Å²) in [5, 5.41) is 0.